The molecule has 0 bridgehead atoms. The summed E-state index contributed by atoms with van der Waals surface area (Å²) in [5.41, 5.74) is 0.709. The number of aliphatic hydroxyl groups is 1. The number of nitrogens with zero attached hydrogens (tertiary/aromatic N) is 8. The van der Waals surface area contributed by atoms with Gasteiger partial charge in [0.1, 0.15) is 23.8 Å². The summed E-state index contributed by atoms with van der Waals surface area (Å²) < 4.78 is 16.7. The Morgan fingerprint density at radius 1 is 1.10 bits per heavy atom. The fourth-order valence-corrected chi connectivity index (χ4v) is 5.60. The number of alkyl halides is 1. The second kappa shape index (κ2) is 9.71. The van der Waals surface area contributed by atoms with Crippen molar-refractivity contribution in [1.29, 1.82) is 0 Å². The van der Waals surface area contributed by atoms with Crippen LogP contribution in [0.4, 0.5) is 27.7 Å². The molecule has 11 heteroatoms. The molecule has 0 spiro atoms. The summed E-state index contributed by atoms with van der Waals surface area (Å²) in [5, 5.41) is 23.9. The van der Waals surface area contributed by atoms with Gasteiger partial charge in [-0.3, -0.25) is 0 Å². The van der Waals surface area contributed by atoms with Crippen LogP contribution in [-0.4, -0.2) is 72.8 Å². The van der Waals surface area contributed by atoms with Crippen molar-refractivity contribution in [3.8, 4) is 0 Å². The summed E-state index contributed by atoms with van der Waals surface area (Å²) in [6.45, 7) is 8.12. The molecule has 10 nitrogen and oxygen atoms in total. The molecule has 2 fully saturated rings. The molecule has 0 radical (unpaired) electrons. The number of aryl methyl sites for hydroxylation is 1. The number of aliphatic hydroxyl groups excluding tert-OH is 1. The summed E-state index contributed by atoms with van der Waals surface area (Å²) in [6, 6.07) is 8.26. The van der Waals surface area contributed by atoms with Gasteiger partial charge in [-0.25, -0.2) is 14.4 Å². The molecule has 4 aromatic rings. The normalized spacial score (nSPS) is 22.0. The summed E-state index contributed by atoms with van der Waals surface area (Å²) >= 11 is 0. The van der Waals surface area contributed by atoms with Crippen molar-refractivity contribution < 1.29 is 9.50 Å². The highest BCUT2D eigenvalue weighted by Gasteiger charge is 2.39. The van der Waals surface area contributed by atoms with E-state index < -0.39 is 11.8 Å². The van der Waals surface area contributed by atoms with Crippen molar-refractivity contribution in [3.05, 3.63) is 54.4 Å². The highest BCUT2D eigenvalue weighted by molar-refractivity contribution is 5.98. The van der Waals surface area contributed by atoms with Crippen LogP contribution in [0, 0.1) is 0 Å². The Morgan fingerprint density at radius 3 is 2.64 bits per heavy atom. The van der Waals surface area contributed by atoms with Crippen LogP contribution in [0.1, 0.15) is 50.4 Å². The largest absolute Gasteiger partial charge is 0.390 e. The van der Waals surface area contributed by atoms with Crippen molar-refractivity contribution >= 4 is 34.0 Å². The monoisotopic (exact) mass is 531 g/mol. The minimum Gasteiger partial charge on any atom is -0.390 e. The van der Waals surface area contributed by atoms with Gasteiger partial charge in [-0.05, 0) is 48.4 Å². The second-order valence-electron chi connectivity index (χ2n) is 11.2. The van der Waals surface area contributed by atoms with Gasteiger partial charge < -0.3 is 24.8 Å². The quantitative estimate of drug-likeness (QED) is 0.383. The first-order valence-corrected chi connectivity index (χ1v) is 13.4. The Balaban J connectivity index is 1.25. The molecule has 1 aromatic carbocycles. The van der Waals surface area contributed by atoms with Crippen molar-refractivity contribution in [3.63, 3.8) is 0 Å². The SMILES string of the molecule is CC(C)c1ccc(N2CC(c3nncn3C)C2)c2cnc(Nc3ccnc(N4CC[C@@H](O)[C@@](C)(F)C4)n3)cc12. The number of aromatic nitrogens is 6. The third-order valence-electron chi connectivity index (χ3n) is 7.92. The fraction of sp³-hybridized carbons (Fsp3) is 0.464. The Hall–Kier alpha value is -3.86. The molecule has 0 aliphatic carbocycles. The first kappa shape index (κ1) is 25.4. The standard InChI is InChI=1S/C28H34FN9O/c1-17(2)19-5-6-22(38-13-18(14-38)26-35-32-16-36(26)4)21-12-31-25(11-20(19)21)33-24-7-9-30-27(34-24)37-10-8-23(39)28(3,29)15-37/h5-7,9,11-12,16-18,23,39H,8,10,13-15H2,1-4H3,(H,30,31,33,34)/t23-,28+/m1/s1. The molecule has 3 aromatic heterocycles. The van der Waals surface area contributed by atoms with Gasteiger partial charge in [0.25, 0.3) is 0 Å². The molecule has 204 valence electrons. The average Bonchev–Trinajstić information content (AvgIpc) is 3.30. The van der Waals surface area contributed by atoms with Gasteiger partial charge in [-0.2, -0.15) is 4.98 Å². The zero-order valence-corrected chi connectivity index (χ0v) is 22.7. The van der Waals surface area contributed by atoms with Crippen LogP contribution >= 0.6 is 0 Å². The van der Waals surface area contributed by atoms with Crippen LogP contribution < -0.4 is 15.1 Å². The van der Waals surface area contributed by atoms with E-state index in [1.54, 1.807) is 23.5 Å². The molecule has 0 saturated carbocycles. The summed E-state index contributed by atoms with van der Waals surface area (Å²) in [5.74, 6) is 3.40. The minimum atomic E-state index is -1.71. The molecule has 2 aliphatic heterocycles. The average molecular weight is 532 g/mol. The van der Waals surface area contributed by atoms with Gasteiger partial charge in [0, 0.05) is 50.1 Å². The lowest BCUT2D eigenvalue weighted by molar-refractivity contribution is -0.00860. The van der Waals surface area contributed by atoms with Gasteiger partial charge in [0.15, 0.2) is 5.67 Å². The number of benzene rings is 1. The van der Waals surface area contributed by atoms with Crippen LogP contribution in [-0.2, 0) is 7.05 Å². The third-order valence-corrected chi connectivity index (χ3v) is 7.92. The van der Waals surface area contributed by atoms with Gasteiger partial charge in [0.05, 0.1) is 18.6 Å². The second-order valence-corrected chi connectivity index (χ2v) is 11.2. The molecule has 2 atom stereocenters. The lowest BCUT2D eigenvalue weighted by Crippen LogP contribution is -2.52. The van der Waals surface area contributed by atoms with E-state index in [0.717, 1.165) is 35.4 Å². The van der Waals surface area contributed by atoms with Crippen LogP contribution in [0.3, 0.4) is 0 Å². The van der Waals surface area contributed by atoms with E-state index in [2.05, 4.69) is 62.4 Å². The Bertz CT molecular complexity index is 1500. The molecule has 0 amide bonds. The highest BCUT2D eigenvalue weighted by atomic mass is 19.1. The van der Waals surface area contributed by atoms with Gasteiger partial charge in [-0.1, -0.05) is 19.9 Å². The topological polar surface area (TPSA) is 108 Å². The maximum Gasteiger partial charge on any atom is 0.227 e. The van der Waals surface area contributed by atoms with E-state index in [0.29, 0.717) is 42.4 Å². The summed E-state index contributed by atoms with van der Waals surface area (Å²) in [7, 11) is 1.98. The molecule has 0 unspecified atom stereocenters. The van der Waals surface area contributed by atoms with Crippen LogP contribution in [0.25, 0.3) is 10.8 Å². The first-order chi connectivity index (χ1) is 18.7. The maximum atomic E-state index is 14.7. The maximum absolute atomic E-state index is 14.7. The Morgan fingerprint density at radius 2 is 1.92 bits per heavy atom. The molecular formula is C28H34FN9O. The predicted molar refractivity (Wildman–Crippen MR) is 149 cm³/mol. The summed E-state index contributed by atoms with van der Waals surface area (Å²) in [4.78, 5) is 17.8. The predicted octanol–water partition coefficient (Wildman–Crippen LogP) is 3.92. The number of nitrogens with one attached hydrogen (secondary N) is 1. The molecule has 39 heavy (non-hydrogen) atoms. The lowest BCUT2D eigenvalue weighted by Gasteiger charge is -2.41. The van der Waals surface area contributed by atoms with Crippen molar-refractivity contribution in [2.75, 3.05) is 41.3 Å². The van der Waals surface area contributed by atoms with E-state index in [4.69, 9.17) is 4.98 Å². The number of hydrogen-bond donors (Lipinski definition) is 2. The van der Waals surface area contributed by atoms with E-state index in [1.165, 1.54) is 12.5 Å². The van der Waals surface area contributed by atoms with Crippen molar-refractivity contribution in [2.24, 2.45) is 7.05 Å². The fourth-order valence-electron chi connectivity index (χ4n) is 5.60. The first-order valence-electron chi connectivity index (χ1n) is 13.4. The van der Waals surface area contributed by atoms with Crippen LogP contribution in [0.15, 0.2) is 43.0 Å². The number of halogens is 1. The zero-order chi connectivity index (χ0) is 27.3. The molecule has 5 heterocycles. The summed E-state index contributed by atoms with van der Waals surface area (Å²) in [6.07, 6.45) is 4.68. The number of anilines is 4. The smallest absolute Gasteiger partial charge is 0.227 e. The van der Waals surface area contributed by atoms with Crippen LogP contribution in [0.5, 0.6) is 0 Å². The number of hydrogen-bond acceptors (Lipinski definition) is 9. The third kappa shape index (κ3) is 4.75. The molecule has 2 N–H and O–H groups in total. The van der Waals surface area contributed by atoms with Gasteiger partial charge >= 0.3 is 0 Å². The molecule has 2 saturated heterocycles. The Labute approximate surface area is 226 Å². The molecular weight excluding hydrogens is 497 g/mol. The van der Waals surface area contributed by atoms with E-state index >= 15 is 0 Å². The number of pyridine rings is 1. The zero-order valence-electron chi connectivity index (χ0n) is 22.7. The van der Waals surface area contributed by atoms with Gasteiger partial charge in [0.2, 0.25) is 5.95 Å². The molecule has 2 aliphatic rings. The van der Waals surface area contributed by atoms with Gasteiger partial charge in [-0.15, -0.1) is 10.2 Å². The van der Waals surface area contributed by atoms with E-state index in [-0.39, 0.29) is 6.54 Å². The number of fused-ring (bicyclic) bond motifs is 1. The number of piperidine rings is 1. The minimum absolute atomic E-state index is 0.0420. The van der Waals surface area contributed by atoms with Crippen molar-refractivity contribution in [2.45, 2.75) is 50.8 Å². The highest BCUT2D eigenvalue weighted by Crippen LogP contribution is 2.38. The molecule has 6 rings (SSSR count). The number of rotatable bonds is 6. The lowest BCUT2D eigenvalue weighted by atomic mass is 9.93. The van der Waals surface area contributed by atoms with Crippen molar-refractivity contribution in [1.82, 2.24) is 29.7 Å². The van der Waals surface area contributed by atoms with Crippen LogP contribution in [0.2, 0.25) is 0 Å². The van der Waals surface area contributed by atoms with E-state index in [1.807, 2.05) is 17.8 Å². The van der Waals surface area contributed by atoms with E-state index in [9.17, 15) is 9.50 Å². The Kier molecular flexibility index (Phi) is 6.33.